The van der Waals surface area contributed by atoms with Gasteiger partial charge in [-0.3, -0.25) is 0 Å². The van der Waals surface area contributed by atoms with E-state index >= 15 is 0 Å². The molecule has 7 heteroatoms. The molecule has 0 saturated heterocycles. The molecular formula is C13H8ClN5S. The van der Waals surface area contributed by atoms with Gasteiger partial charge in [0.15, 0.2) is 11.5 Å². The highest BCUT2D eigenvalue weighted by Crippen LogP contribution is 2.35. The first-order chi connectivity index (χ1) is 9.88. The zero-order valence-electron chi connectivity index (χ0n) is 10.2. The molecule has 0 saturated carbocycles. The van der Waals surface area contributed by atoms with Gasteiger partial charge < -0.3 is 0 Å². The minimum atomic E-state index is 0.274. The van der Waals surface area contributed by atoms with Gasteiger partial charge in [-0.25, -0.2) is 4.98 Å². The molecular weight excluding hydrogens is 294 g/mol. The number of rotatable bonds is 2. The number of halogens is 1. The van der Waals surface area contributed by atoms with Gasteiger partial charge >= 0.3 is 0 Å². The van der Waals surface area contributed by atoms with Crippen LogP contribution in [0.25, 0.3) is 27.0 Å². The van der Waals surface area contributed by atoms with Gasteiger partial charge in [0.25, 0.3) is 0 Å². The van der Waals surface area contributed by atoms with Crippen LogP contribution in [0.3, 0.4) is 0 Å². The number of fused-ring (bicyclic) bond motifs is 3. The minimum absolute atomic E-state index is 0.274. The van der Waals surface area contributed by atoms with Crippen molar-refractivity contribution in [1.29, 1.82) is 0 Å². The number of aromatic nitrogens is 5. The summed E-state index contributed by atoms with van der Waals surface area (Å²) in [5.74, 6) is 0.927. The third-order valence-corrected chi connectivity index (χ3v) is 4.26. The summed E-state index contributed by atoms with van der Waals surface area (Å²) in [4.78, 5) is 5.45. The second-order valence-corrected chi connectivity index (χ2v) is 5.40. The summed E-state index contributed by atoms with van der Waals surface area (Å²) in [7, 11) is 0. The normalized spacial score (nSPS) is 11.4. The van der Waals surface area contributed by atoms with Crippen molar-refractivity contribution in [1.82, 2.24) is 25.0 Å². The van der Waals surface area contributed by atoms with Gasteiger partial charge in [0, 0.05) is 10.9 Å². The van der Waals surface area contributed by atoms with Crippen molar-refractivity contribution in [2.24, 2.45) is 0 Å². The van der Waals surface area contributed by atoms with Gasteiger partial charge in [-0.15, -0.1) is 28.0 Å². The zero-order valence-corrected chi connectivity index (χ0v) is 11.8. The molecule has 3 heterocycles. The van der Waals surface area contributed by atoms with E-state index in [9.17, 15) is 0 Å². The molecule has 0 radical (unpaired) electrons. The molecule has 0 N–H and O–H groups in total. The average Bonchev–Trinajstić information content (AvgIpc) is 3.13. The van der Waals surface area contributed by atoms with Crippen LogP contribution in [0.15, 0.2) is 35.7 Å². The van der Waals surface area contributed by atoms with Crippen molar-refractivity contribution >= 4 is 38.8 Å². The van der Waals surface area contributed by atoms with E-state index in [1.54, 1.807) is 15.9 Å². The largest absolute Gasteiger partial charge is 0.220 e. The van der Waals surface area contributed by atoms with E-state index in [4.69, 9.17) is 11.6 Å². The predicted molar refractivity (Wildman–Crippen MR) is 79.0 cm³/mol. The summed E-state index contributed by atoms with van der Waals surface area (Å²) >= 11 is 7.49. The molecule has 98 valence electrons. The molecule has 0 aliphatic rings. The van der Waals surface area contributed by atoms with E-state index in [0.29, 0.717) is 11.5 Å². The number of tetrazole rings is 1. The van der Waals surface area contributed by atoms with Crippen molar-refractivity contribution in [3.05, 3.63) is 41.5 Å². The molecule has 0 amide bonds. The highest BCUT2D eigenvalue weighted by atomic mass is 35.5. The molecule has 0 unspecified atom stereocenters. The maximum Gasteiger partial charge on any atom is 0.192 e. The summed E-state index contributed by atoms with van der Waals surface area (Å²) in [6.45, 7) is 0. The number of hydrogen-bond donors (Lipinski definition) is 0. The van der Waals surface area contributed by atoms with E-state index in [2.05, 4.69) is 38.0 Å². The lowest BCUT2D eigenvalue weighted by molar-refractivity contribution is 0.781. The molecule has 0 aliphatic carbocycles. The molecule has 0 bridgehead atoms. The maximum atomic E-state index is 5.91. The van der Waals surface area contributed by atoms with Crippen molar-refractivity contribution in [2.75, 3.05) is 0 Å². The van der Waals surface area contributed by atoms with E-state index < -0.39 is 0 Å². The number of hydrogen-bond acceptors (Lipinski definition) is 5. The Morgan fingerprint density at radius 3 is 2.85 bits per heavy atom. The Labute approximate surface area is 122 Å². The monoisotopic (exact) mass is 301 g/mol. The third-order valence-electron chi connectivity index (χ3n) is 3.14. The second kappa shape index (κ2) is 4.50. The Morgan fingerprint density at radius 2 is 2.05 bits per heavy atom. The van der Waals surface area contributed by atoms with Gasteiger partial charge in [0.05, 0.1) is 11.3 Å². The molecule has 0 fully saturated rings. The number of thiophene rings is 1. The Morgan fingerprint density at radius 1 is 1.20 bits per heavy atom. The maximum absolute atomic E-state index is 5.91. The van der Waals surface area contributed by atoms with Gasteiger partial charge in [-0.2, -0.15) is 4.52 Å². The molecule has 0 atom stereocenters. The van der Waals surface area contributed by atoms with E-state index in [-0.39, 0.29) is 5.88 Å². The lowest BCUT2D eigenvalue weighted by Gasteiger charge is -2.02. The van der Waals surface area contributed by atoms with Crippen LogP contribution in [-0.4, -0.2) is 25.0 Å². The molecule has 4 rings (SSSR count). The Balaban J connectivity index is 2.13. The minimum Gasteiger partial charge on any atom is -0.220 e. The Kier molecular flexibility index (Phi) is 2.64. The highest BCUT2D eigenvalue weighted by molar-refractivity contribution is 7.17. The summed E-state index contributed by atoms with van der Waals surface area (Å²) in [5.41, 5.74) is 2.92. The van der Waals surface area contributed by atoms with Gasteiger partial charge in [-0.05, 0) is 16.0 Å². The first-order valence-electron chi connectivity index (χ1n) is 5.98. The molecule has 20 heavy (non-hydrogen) atoms. The van der Waals surface area contributed by atoms with Crippen molar-refractivity contribution in [2.45, 2.75) is 5.88 Å². The zero-order chi connectivity index (χ0) is 13.5. The predicted octanol–water partition coefficient (Wildman–Crippen LogP) is 3.14. The van der Waals surface area contributed by atoms with Gasteiger partial charge in [0.1, 0.15) is 4.83 Å². The van der Waals surface area contributed by atoms with E-state index in [0.717, 1.165) is 21.3 Å². The average molecular weight is 302 g/mol. The number of benzene rings is 1. The van der Waals surface area contributed by atoms with Crippen LogP contribution in [0.2, 0.25) is 0 Å². The fourth-order valence-corrected chi connectivity index (χ4v) is 3.38. The first-order valence-corrected chi connectivity index (χ1v) is 7.39. The summed E-state index contributed by atoms with van der Waals surface area (Å²) in [5, 5.41) is 14.9. The molecule has 4 aromatic rings. The van der Waals surface area contributed by atoms with Crippen LogP contribution in [0.4, 0.5) is 0 Å². The summed E-state index contributed by atoms with van der Waals surface area (Å²) in [6, 6.07) is 10.2. The second-order valence-electron chi connectivity index (χ2n) is 4.27. The summed E-state index contributed by atoms with van der Waals surface area (Å²) in [6.07, 6.45) is 0. The molecule has 1 aromatic carbocycles. The van der Waals surface area contributed by atoms with Crippen LogP contribution in [-0.2, 0) is 5.88 Å². The Hall–Kier alpha value is -2.05. The molecule has 0 aliphatic heterocycles. The molecule has 5 nitrogen and oxygen atoms in total. The Bertz CT molecular complexity index is 899. The lowest BCUT2D eigenvalue weighted by Crippen LogP contribution is -2.00. The molecule has 3 aromatic heterocycles. The highest BCUT2D eigenvalue weighted by Gasteiger charge is 2.16. The van der Waals surface area contributed by atoms with Crippen LogP contribution in [0, 0.1) is 0 Å². The van der Waals surface area contributed by atoms with Crippen molar-refractivity contribution in [3.63, 3.8) is 0 Å². The van der Waals surface area contributed by atoms with E-state index in [1.807, 2.05) is 18.2 Å². The van der Waals surface area contributed by atoms with Gasteiger partial charge in [0.2, 0.25) is 0 Å². The first kappa shape index (κ1) is 11.7. The fourth-order valence-electron chi connectivity index (χ4n) is 2.24. The van der Waals surface area contributed by atoms with Crippen LogP contribution >= 0.6 is 22.9 Å². The van der Waals surface area contributed by atoms with E-state index in [1.165, 1.54) is 0 Å². The molecule has 0 spiro atoms. The number of alkyl halides is 1. The van der Waals surface area contributed by atoms with Crippen molar-refractivity contribution in [3.8, 4) is 11.1 Å². The van der Waals surface area contributed by atoms with Crippen molar-refractivity contribution < 1.29 is 0 Å². The standard InChI is InChI=1S/C13H8ClN5S/c14-6-10-15-13-11(12-16-17-18-19(10)12)9(7-20-13)8-4-2-1-3-5-8/h1-5,7H,6H2. The van der Waals surface area contributed by atoms with Crippen LogP contribution < -0.4 is 0 Å². The fraction of sp³-hybridized carbons (Fsp3) is 0.0769. The number of nitrogens with zero attached hydrogens (tertiary/aromatic N) is 5. The lowest BCUT2D eigenvalue weighted by atomic mass is 10.1. The smallest absolute Gasteiger partial charge is 0.192 e. The topological polar surface area (TPSA) is 56.0 Å². The van der Waals surface area contributed by atoms with Crippen LogP contribution in [0.5, 0.6) is 0 Å². The van der Waals surface area contributed by atoms with Gasteiger partial charge in [-0.1, -0.05) is 30.3 Å². The van der Waals surface area contributed by atoms with Crippen LogP contribution in [0.1, 0.15) is 5.82 Å². The quantitative estimate of drug-likeness (QED) is 0.534. The SMILES string of the molecule is ClCc1nc2scc(-c3ccccc3)c2c2nnnn12. The third kappa shape index (κ3) is 1.62. The summed E-state index contributed by atoms with van der Waals surface area (Å²) < 4.78 is 1.61.